The normalized spacial score (nSPS) is 16.9. The van der Waals surface area contributed by atoms with Gasteiger partial charge in [-0.15, -0.1) is 0 Å². The summed E-state index contributed by atoms with van der Waals surface area (Å²) in [5.41, 5.74) is 1.90. The van der Waals surface area contributed by atoms with Gasteiger partial charge in [0.25, 0.3) is 0 Å². The van der Waals surface area contributed by atoms with Gasteiger partial charge in [-0.1, -0.05) is 0 Å². The van der Waals surface area contributed by atoms with Gasteiger partial charge in [0.15, 0.2) is 5.78 Å². The number of allylic oxidation sites excluding steroid dienone is 1. The third-order valence-corrected chi connectivity index (χ3v) is 3.17. The lowest BCUT2D eigenvalue weighted by Gasteiger charge is -2.09. The number of ether oxygens (including phenoxy) is 1. The highest BCUT2D eigenvalue weighted by Gasteiger charge is 2.22. The number of aromatic amines is 1. The minimum atomic E-state index is -0.497. The molecule has 0 fully saturated rings. The predicted molar refractivity (Wildman–Crippen MR) is 65.1 cm³/mol. The van der Waals surface area contributed by atoms with Crippen molar-refractivity contribution >= 4 is 23.9 Å². The number of rotatable bonds is 1. The summed E-state index contributed by atoms with van der Waals surface area (Å²) in [7, 11) is 1.30. The maximum Gasteiger partial charge on any atom is 0.338 e. The van der Waals surface area contributed by atoms with Gasteiger partial charge >= 0.3 is 5.97 Å². The Morgan fingerprint density at radius 2 is 2.17 bits per heavy atom. The van der Waals surface area contributed by atoms with Gasteiger partial charge < -0.3 is 15.0 Å². The molecule has 0 saturated heterocycles. The molecule has 1 aliphatic carbocycles. The van der Waals surface area contributed by atoms with Crippen LogP contribution in [0.1, 0.15) is 15.9 Å². The Balaban J connectivity index is 2.22. The lowest BCUT2D eigenvalue weighted by atomic mass is 9.99. The van der Waals surface area contributed by atoms with Gasteiger partial charge in [0.2, 0.25) is 0 Å². The molecule has 0 amide bonds. The van der Waals surface area contributed by atoms with Crippen molar-refractivity contribution in [2.24, 2.45) is 0 Å². The minimum Gasteiger partial charge on any atom is -0.465 e. The first-order valence-electron chi connectivity index (χ1n) is 5.68. The van der Waals surface area contributed by atoms with Crippen LogP contribution in [-0.2, 0) is 16.1 Å². The summed E-state index contributed by atoms with van der Waals surface area (Å²) in [6.07, 6.45) is 4.99. The van der Waals surface area contributed by atoms with E-state index in [2.05, 4.69) is 15.0 Å². The smallest absolute Gasteiger partial charge is 0.338 e. The number of aromatic nitrogens is 1. The Bertz CT molecular complexity index is 695. The van der Waals surface area contributed by atoms with Gasteiger partial charge in [-0.3, -0.25) is 4.79 Å². The summed E-state index contributed by atoms with van der Waals surface area (Å²) in [6, 6.07) is 0. The van der Waals surface area contributed by atoms with Crippen molar-refractivity contribution in [1.29, 1.82) is 0 Å². The molecule has 0 saturated carbocycles. The van der Waals surface area contributed by atoms with Crippen molar-refractivity contribution in [3.05, 3.63) is 33.5 Å². The standard InChI is InChI=1S/C13H12N2O3/c1-18-13(17)7-4-10-12(11(16)5-7)8-6-14-3-2-9(8)15-10/h2,4-5,14-15H,3,6H2,1H3. The first kappa shape index (κ1) is 11.0. The molecular weight excluding hydrogens is 232 g/mol. The largest absolute Gasteiger partial charge is 0.465 e. The zero-order valence-electron chi connectivity index (χ0n) is 9.87. The lowest BCUT2D eigenvalue weighted by Crippen LogP contribution is -2.27. The fourth-order valence-corrected chi connectivity index (χ4v) is 2.35. The van der Waals surface area contributed by atoms with Crippen molar-refractivity contribution in [3.8, 4) is 0 Å². The van der Waals surface area contributed by atoms with E-state index in [4.69, 9.17) is 0 Å². The van der Waals surface area contributed by atoms with Crippen molar-refractivity contribution in [2.75, 3.05) is 13.7 Å². The minimum absolute atomic E-state index is 0.150. The number of carbonyl (C=O) groups excluding carboxylic acids is 2. The fourth-order valence-electron chi connectivity index (χ4n) is 2.35. The van der Waals surface area contributed by atoms with E-state index in [1.165, 1.54) is 13.2 Å². The van der Waals surface area contributed by atoms with Crippen molar-refractivity contribution in [1.82, 2.24) is 10.3 Å². The number of hydrogen-bond donors (Lipinski definition) is 2. The molecule has 0 aromatic carbocycles. The molecule has 18 heavy (non-hydrogen) atoms. The van der Waals surface area contributed by atoms with Crippen LogP contribution in [0.2, 0.25) is 0 Å². The zero-order chi connectivity index (χ0) is 12.7. The van der Waals surface area contributed by atoms with Crippen LogP contribution in [0, 0.1) is 0 Å². The van der Waals surface area contributed by atoms with E-state index in [0.717, 1.165) is 17.5 Å². The molecule has 1 aliphatic heterocycles. The summed E-state index contributed by atoms with van der Waals surface area (Å²) in [4.78, 5) is 26.7. The van der Waals surface area contributed by atoms with Crippen LogP contribution in [0.5, 0.6) is 0 Å². The second-order valence-electron chi connectivity index (χ2n) is 4.24. The van der Waals surface area contributed by atoms with Gasteiger partial charge in [-0.25, -0.2) is 4.79 Å². The van der Waals surface area contributed by atoms with Crippen LogP contribution >= 0.6 is 0 Å². The van der Waals surface area contributed by atoms with Crippen LogP contribution in [0.25, 0.3) is 12.2 Å². The van der Waals surface area contributed by atoms with Crippen LogP contribution in [0.4, 0.5) is 0 Å². The number of nitrogens with one attached hydrogen (secondary N) is 2. The van der Waals surface area contributed by atoms with E-state index < -0.39 is 5.97 Å². The van der Waals surface area contributed by atoms with Gasteiger partial charge in [-0.05, 0) is 12.2 Å². The van der Waals surface area contributed by atoms with Crippen molar-refractivity contribution in [3.63, 3.8) is 0 Å². The van der Waals surface area contributed by atoms with E-state index in [-0.39, 0.29) is 11.4 Å². The van der Waals surface area contributed by atoms with Crippen molar-refractivity contribution in [2.45, 2.75) is 6.54 Å². The summed E-state index contributed by atoms with van der Waals surface area (Å²) in [6.45, 7) is 1.44. The Morgan fingerprint density at radius 3 is 2.94 bits per heavy atom. The quantitative estimate of drug-likeness (QED) is 0.620. The average molecular weight is 244 g/mol. The van der Waals surface area contributed by atoms with Gasteiger partial charge in [-0.2, -0.15) is 0 Å². The highest BCUT2D eigenvalue weighted by molar-refractivity contribution is 6.14. The van der Waals surface area contributed by atoms with Gasteiger partial charge in [0.05, 0.1) is 23.6 Å². The number of ketones is 1. The van der Waals surface area contributed by atoms with Gasteiger partial charge in [0, 0.05) is 30.1 Å². The number of methoxy groups -OCH3 is 1. The fraction of sp³-hybridized carbons (Fsp3) is 0.231. The summed E-state index contributed by atoms with van der Waals surface area (Å²) in [5, 5.41) is 4.84. The van der Waals surface area contributed by atoms with E-state index >= 15 is 0 Å². The van der Waals surface area contributed by atoms with Crippen LogP contribution in [0.15, 0.2) is 11.6 Å². The molecular formula is C13H12N2O3. The third-order valence-electron chi connectivity index (χ3n) is 3.17. The molecule has 1 aromatic heterocycles. The Hall–Kier alpha value is -2.14. The monoisotopic (exact) mass is 244 g/mol. The Morgan fingerprint density at radius 1 is 1.33 bits per heavy atom. The van der Waals surface area contributed by atoms with E-state index in [9.17, 15) is 9.59 Å². The van der Waals surface area contributed by atoms with E-state index in [0.29, 0.717) is 17.5 Å². The molecule has 2 N–H and O–H groups in total. The molecule has 1 aromatic rings. The molecule has 2 heterocycles. The highest BCUT2D eigenvalue weighted by Crippen LogP contribution is 2.12. The summed E-state index contributed by atoms with van der Waals surface area (Å²) < 4.78 is 4.63. The number of H-pyrrole nitrogens is 1. The molecule has 0 radical (unpaired) electrons. The first-order valence-corrected chi connectivity index (χ1v) is 5.68. The molecule has 3 rings (SSSR count). The SMILES string of the molecule is COC(=O)C1=CC(=O)c2c3c([nH]c2=C1)=CCNC3. The number of fused-ring (bicyclic) bond motifs is 3. The van der Waals surface area contributed by atoms with E-state index in [1.54, 1.807) is 6.08 Å². The molecule has 5 heteroatoms. The maximum atomic E-state index is 12.1. The molecule has 0 atom stereocenters. The second kappa shape index (κ2) is 3.96. The molecule has 0 spiro atoms. The predicted octanol–water partition coefficient (Wildman–Crippen LogP) is -1.03. The lowest BCUT2D eigenvalue weighted by molar-refractivity contribution is -0.135. The Labute approximate surface area is 103 Å². The summed E-state index contributed by atoms with van der Waals surface area (Å²) in [5.74, 6) is -0.647. The molecule has 0 bridgehead atoms. The molecule has 92 valence electrons. The van der Waals surface area contributed by atoms with Crippen LogP contribution in [-0.4, -0.2) is 30.4 Å². The molecule has 5 nitrogen and oxygen atoms in total. The van der Waals surface area contributed by atoms with Crippen molar-refractivity contribution < 1.29 is 14.3 Å². The zero-order valence-corrected chi connectivity index (χ0v) is 9.87. The van der Waals surface area contributed by atoms with Crippen LogP contribution in [0.3, 0.4) is 0 Å². The second-order valence-corrected chi connectivity index (χ2v) is 4.24. The van der Waals surface area contributed by atoms with Gasteiger partial charge in [0.1, 0.15) is 0 Å². The molecule has 0 unspecified atom stereocenters. The summed E-state index contributed by atoms with van der Waals surface area (Å²) >= 11 is 0. The van der Waals surface area contributed by atoms with Crippen LogP contribution < -0.4 is 16.0 Å². The highest BCUT2D eigenvalue weighted by atomic mass is 16.5. The number of esters is 1. The number of carbonyl (C=O) groups is 2. The molecule has 2 aliphatic rings. The number of hydrogen-bond acceptors (Lipinski definition) is 4. The maximum absolute atomic E-state index is 12.1. The van der Waals surface area contributed by atoms with E-state index in [1.807, 2.05) is 6.08 Å². The topological polar surface area (TPSA) is 71.2 Å². The average Bonchev–Trinajstić information content (AvgIpc) is 2.76. The first-order chi connectivity index (χ1) is 8.70. The Kier molecular flexibility index (Phi) is 2.41. The third kappa shape index (κ3) is 1.52.